The Balaban J connectivity index is 2.23. The van der Waals surface area contributed by atoms with Gasteiger partial charge in [-0.3, -0.25) is 14.7 Å². The van der Waals surface area contributed by atoms with E-state index in [0.29, 0.717) is 18.8 Å². The summed E-state index contributed by atoms with van der Waals surface area (Å²) >= 11 is 4.27. The summed E-state index contributed by atoms with van der Waals surface area (Å²) in [5.41, 5.74) is 0.850. The number of aromatic nitrogens is 2. The van der Waals surface area contributed by atoms with Gasteiger partial charge in [0.25, 0.3) is 0 Å². The maximum Gasteiger partial charge on any atom is 0.229 e. The molecule has 2 heterocycles. The number of aryl methyl sites for hydroxylation is 1. The number of hydrogen-bond donors (Lipinski definition) is 1. The zero-order valence-electron chi connectivity index (χ0n) is 7.84. The summed E-state index contributed by atoms with van der Waals surface area (Å²) in [6.07, 6.45) is 3.77. The van der Waals surface area contributed by atoms with Crippen molar-refractivity contribution in [1.29, 1.82) is 0 Å². The van der Waals surface area contributed by atoms with E-state index in [1.807, 2.05) is 6.92 Å². The SMILES string of the molecule is Cc1cnc(N2CC(S)CC2=O)cn1. The van der Waals surface area contributed by atoms with E-state index in [-0.39, 0.29) is 11.2 Å². The number of thiol groups is 1. The second kappa shape index (κ2) is 3.57. The van der Waals surface area contributed by atoms with Crippen molar-refractivity contribution in [2.75, 3.05) is 11.4 Å². The average Bonchev–Trinajstić information content (AvgIpc) is 2.47. The lowest BCUT2D eigenvalue weighted by atomic mass is 10.4. The van der Waals surface area contributed by atoms with Crippen LogP contribution in [0.3, 0.4) is 0 Å². The van der Waals surface area contributed by atoms with Crippen LogP contribution in [0.2, 0.25) is 0 Å². The molecule has 0 N–H and O–H groups in total. The Hall–Kier alpha value is -1.10. The molecule has 0 saturated carbocycles. The van der Waals surface area contributed by atoms with Crippen molar-refractivity contribution < 1.29 is 4.79 Å². The monoisotopic (exact) mass is 209 g/mol. The summed E-state index contributed by atoms with van der Waals surface area (Å²) < 4.78 is 0. The molecule has 1 amide bonds. The summed E-state index contributed by atoms with van der Waals surface area (Å²) in [5.74, 6) is 0.695. The predicted molar refractivity (Wildman–Crippen MR) is 56.5 cm³/mol. The third kappa shape index (κ3) is 1.72. The standard InChI is InChI=1S/C9H11N3OS/c1-6-3-11-8(4-10-6)12-5-7(14)2-9(12)13/h3-4,7,14H,2,5H2,1H3. The molecule has 1 fully saturated rings. The Morgan fingerprint density at radius 2 is 2.29 bits per heavy atom. The van der Waals surface area contributed by atoms with Gasteiger partial charge in [-0.25, -0.2) is 4.98 Å². The minimum absolute atomic E-state index is 0.0724. The largest absolute Gasteiger partial charge is 0.294 e. The smallest absolute Gasteiger partial charge is 0.229 e. The van der Waals surface area contributed by atoms with Crippen LogP contribution in [0.1, 0.15) is 12.1 Å². The van der Waals surface area contributed by atoms with Crippen LogP contribution >= 0.6 is 12.6 Å². The van der Waals surface area contributed by atoms with Gasteiger partial charge < -0.3 is 0 Å². The highest BCUT2D eigenvalue weighted by atomic mass is 32.1. The Morgan fingerprint density at radius 1 is 1.50 bits per heavy atom. The maximum atomic E-state index is 11.5. The molecule has 0 aromatic carbocycles. The highest BCUT2D eigenvalue weighted by Crippen LogP contribution is 2.21. The Morgan fingerprint density at radius 3 is 2.79 bits per heavy atom. The second-order valence-corrected chi connectivity index (χ2v) is 4.11. The molecule has 1 aromatic heterocycles. The molecule has 1 saturated heterocycles. The Kier molecular flexibility index (Phi) is 2.41. The molecule has 1 atom stereocenters. The van der Waals surface area contributed by atoms with E-state index in [4.69, 9.17) is 0 Å². The highest BCUT2D eigenvalue weighted by Gasteiger charge is 2.29. The molecule has 0 radical (unpaired) electrons. The summed E-state index contributed by atoms with van der Waals surface area (Å²) in [4.78, 5) is 21.4. The Labute approximate surface area is 87.8 Å². The molecular formula is C9H11N3OS. The lowest BCUT2D eigenvalue weighted by Gasteiger charge is -2.13. The van der Waals surface area contributed by atoms with Crippen LogP contribution in [0.5, 0.6) is 0 Å². The first kappa shape index (κ1) is 9.45. The quantitative estimate of drug-likeness (QED) is 0.696. The maximum absolute atomic E-state index is 11.5. The number of nitrogens with zero attached hydrogens (tertiary/aromatic N) is 3. The molecule has 1 aromatic rings. The lowest BCUT2D eigenvalue weighted by molar-refractivity contribution is -0.117. The van der Waals surface area contributed by atoms with Gasteiger partial charge in [0.1, 0.15) is 0 Å². The fraction of sp³-hybridized carbons (Fsp3) is 0.444. The third-order valence-electron chi connectivity index (χ3n) is 2.15. The molecular weight excluding hydrogens is 198 g/mol. The molecule has 4 nitrogen and oxygen atoms in total. The average molecular weight is 209 g/mol. The van der Waals surface area contributed by atoms with Crippen LogP contribution in [-0.4, -0.2) is 27.7 Å². The molecule has 1 aliphatic rings. The normalized spacial score (nSPS) is 21.7. The summed E-state index contributed by atoms with van der Waals surface area (Å²) in [6.45, 7) is 2.49. The van der Waals surface area contributed by atoms with Gasteiger partial charge in [0.2, 0.25) is 5.91 Å². The van der Waals surface area contributed by atoms with Crippen molar-refractivity contribution in [3.63, 3.8) is 0 Å². The zero-order valence-corrected chi connectivity index (χ0v) is 8.74. The van der Waals surface area contributed by atoms with Crippen molar-refractivity contribution in [2.45, 2.75) is 18.6 Å². The van der Waals surface area contributed by atoms with Gasteiger partial charge in [0, 0.05) is 18.2 Å². The highest BCUT2D eigenvalue weighted by molar-refractivity contribution is 7.81. The van der Waals surface area contributed by atoms with Crippen molar-refractivity contribution >= 4 is 24.4 Å². The van der Waals surface area contributed by atoms with Crippen LogP contribution in [0.25, 0.3) is 0 Å². The van der Waals surface area contributed by atoms with E-state index in [9.17, 15) is 4.79 Å². The fourth-order valence-corrected chi connectivity index (χ4v) is 1.75. The topological polar surface area (TPSA) is 46.1 Å². The molecule has 14 heavy (non-hydrogen) atoms. The van der Waals surface area contributed by atoms with Crippen LogP contribution in [-0.2, 0) is 4.79 Å². The molecule has 0 bridgehead atoms. The second-order valence-electron chi connectivity index (χ2n) is 3.38. The first-order valence-electron chi connectivity index (χ1n) is 4.44. The minimum Gasteiger partial charge on any atom is -0.294 e. The summed E-state index contributed by atoms with van der Waals surface area (Å²) in [6, 6.07) is 0. The van der Waals surface area contributed by atoms with Crippen LogP contribution in [0, 0.1) is 6.92 Å². The number of anilines is 1. The number of carbonyl (C=O) groups excluding carboxylic acids is 1. The van der Waals surface area contributed by atoms with Crippen LogP contribution in [0.4, 0.5) is 5.82 Å². The van der Waals surface area contributed by atoms with Gasteiger partial charge in [-0.2, -0.15) is 12.6 Å². The first-order chi connectivity index (χ1) is 6.66. The van der Waals surface area contributed by atoms with Crippen molar-refractivity contribution in [2.24, 2.45) is 0 Å². The molecule has 74 valence electrons. The number of carbonyl (C=O) groups is 1. The van der Waals surface area contributed by atoms with Crippen molar-refractivity contribution in [3.05, 3.63) is 18.1 Å². The van der Waals surface area contributed by atoms with Crippen molar-refractivity contribution in [1.82, 2.24) is 9.97 Å². The third-order valence-corrected chi connectivity index (χ3v) is 2.49. The molecule has 5 heteroatoms. The lowest BCUT2D eigenvalue weighted by Crippen LogP contribution is -2.25. The van der Waals surface area contributed by atoms with E-state index in [1.54, 1.807) is 17.3 Å². The molecule has 0 aliphatic carbocycles. The van der Waals surface area contributed by atoms with E-state index in [1.165, 1.54) is 0 Å². The van der Waals surface area contributed by atoms with E-state index >= 15 is 0 Å². The van der Waals surface area contributed by atoms with Crippen molar-refractivity contribution in [3.8, 4) is 0 Å². The predicted octanol–water partition coefficient (Wildman–Crippen LogP) is 0.820. The number of hydrogen-bond acceptors (Lipinski definition) is 4. The van der Waals surface area contributed by atoms with Gasteiger partial charge >= 0.3 is 0 Å². The van der Waals surface area contributed by atoms with Gasteiger partial charge in [-0.1, -0.05) is 0 Å². The summed E-state index contributed by atoms with van der Waals surface area (Å²) in [5, 5.41) is 0.116. The van der Waals surface area contributed by atoms with Gasteiger partial charge in [-0.05, 0) is 6.92 Å². The zero-order chi connectivity index (χ0) is 10.1. The first-order valence-corrected chi connectivity index (χ1v) is 4.95. The molecule has 1 unspecified atom stereocenters. The number of amides is 1. The van der Waals surface area contributed by atoms with Crippen LogP contribution < -0.4 is 4.90 Å². The van der Waals surface area contributed by atoms with E-state index in [2.05, 4.69) is 22.6 Å². The number of rotatable bonds is 1. The van der Waals surface area contributed by atoms with Crippen LogP contribution in [0.15, 0.2) is 12.4 Å². The molecule has 0 spiro atoms. The van der Waals surface area contributed by atoms with E-state index < -0.39 is 0 Å². The molecule has 2 rings (SSSR count). The summed E-state index contributed by atoms with van der Waals surface area (Å²) in [7, 11) is 0. The Bertz CT molecular complexity index is 352. The fourth-order valence-electron chi connectivity index (χ4n) is 1.44. The minimum atomic E-state index is 0.0724. The van der Waals surface area contributed by atoms with Gasteiger partial charge in [0.15, 0.2) is 5.82 Å². The van der Waals surface area contributed by atoms with Gasteiger partial charge in [-0.15, -0.1) is 0 Å². The molecule has 1 aliphatic heterocycles. The van der Waals surface area contributed by atoms with E-state index in [0.717, 1.165) is 5.69 Å². The van der Waals surface area contributed by atoms with Gasteiger partial charge in [0.05, 0.1) is 18.1 Å².